The molecule has 0 bridgehead atoms. The molecule has 0 spiro atoms. The van der Waals surface area contributed by atoms with Gasteiger partial charge in [0.25, 0.3) is 0 Å². The van der Waals surface area contributed by atoms with Crippen LogP contribution >= 0.6 is 24.0 Å². The molecule has 0 aliphatic rings. The summed E-state index contributed by atoms with van der Waals surface area (Å²) >= 11 is 5.55. The van der Waals surface area contributed by atoms with Crippen LogP contribution in [0.15, 0.2) is 18.2 Å². The molecule has 0 fully saturated rings. The summed E-state index contributed by atoms with van der Waals surface area (Å²) in [6, 6.07) is 3.41. The van der Waals surface area contributed by atoms with Crippen LogP contribution in [-0.4, -0.2) is 11.9 Å². The van der Waals surface area contributed by atoms with E-state index in [0.717, 1.165) is 0 Å². The van der Waals surface area contributed by atoms with Crippen molar-refractivity contribution in [3.8, 4) is 0 Å². The number of amides is 1. The highest BCUT2D eigenvalue weighted by Gasteiger charge is 2.11. The summed E-state index contributed by atoms with van der Waals surface area (Å²) in [6.07, 6.45) is 0.542. The first-order chi connectivity index (χ1) is 7.04. The maximum absolute atomic E-state index is 12.8. The Morgan fingerprint density at radius 3 is 2.75 bits per heavy atom. The number of rotatable bonds is 3. The van der Waals surface area contributed by atoms with Gasteiger partial charge >= 0.3 is 0 Å². The SMILES string of the molecule is CC[C@H](N)C(=O)Nc1ccc(F)c(Cl)c1.Cl. The summed E-state index contributed by atoms with van der Waals surface area (Å²) in [5, 5.41) is 2.52. The smallest absolute Gasteiger partial charge is 0.241 e. The van der Waals surface area contributed by atoms with Gasteiger partial charge in [-0.25, -0.2) is 4.39 Å². The van der Waals surface area contributed by atoms with Crippen LogP contribution in [0.4, 0.5) is 10.1 Å². The first-order valence-electron chi connectivity index (χ1n) is 4.56. The fourth-order valence-electron chi connectivity index (χ4n) is 0.994. The van der Waals surface area contributed by atoms with E-state index in [0.29, 0.717) is 12.1 Å². The lowest BCUT2D eigenvalue weighted by atomic mass is 10.2. The van der Waals surface area contributed by atoms with Crippen LogP contribution in [0, 0.1) is 5.82 Å². The Balaban J connectivity index is 0.00000225. The third kappa shape index (κ3) is 3.96. The summed E-state index contributed by atoms with van der Waals surface area (Å²) in [5.74, 6) is -0.824. The van der Waals surface area contributed by atoms with Crippen LogP contribution in [0.3, 0.4) is 0 Å². The third-order valence-electron chi connectivity index (χ3n) is 1.96. The maximum Gasteiger partial charge on any atom is 0.241 e. The van der Waals surface area contributed by atoms with Gasteiger partial charge in [-0.05, 0) is 24.6 Å². The monoisotopic (exact) mass is 266 g/mol. The molecule has 1 aromatic rings. The Hall–Kier alpha value is -0.840. The van der Waals surface area contributed by atoms with Crippen LogP contribution in [0.1, 0.15) is 13.3 Å². The van der Waals surface area contributed by atoms with E-state index in [9.17, 15) is 9.18 Å². The Morgan fingerprint density at radius 2 is 2.25 bits per heavy atom. The van der Waals surface area contributed by atoms with Gasteiger partial charge in [0.05, 0.1) is 11.1 Å². The highest BCUT2D eigenvalue weighted by Crippen LogP contribution is 2.19. The summed E-state index contributed by atoms with van der Waals surface area (Å²) in [5.41, 5.74) is 5.95. The number of hydrogen-bond acceptors (Lipinski definition) is 2. The number of carbonyl (C=O) groups is 1. The summed E-state index contributed by atoms with van der Waals surface area (Å²) in [7, 11) is 0. The first kappa shape index (κ1) is 15.2. The second-order valence-corrected chi connectivity index (χ2v) is 3.54. The van der Waals surface area contributed by atoms with Crippen molar-refractivity contribution in [1.29, 1.82) is 0 Å². The van der Waals surface area contributed by atoms with E-state index in [-0.39, 0.29) is 23.3 Å². The standard InChI is InChI=1S/C10H12ClFN2O.ClH/c1-2-9(13)10(15)14-6-3-4-8(12)7(11)5-6;/h3-5,9H,2,13H2,1H3,(H,14,15);1H/t9-;/m0./s1. The van der Waals surface area contributed by atoms with Gasteiger partial charge in [0, 0.05) is 5.69 Å². The van der Waals surface area contributed by atoms with Crippen LogP contribution in [-0.2, 0) is 4.79 Å². The van der Waals surface area contributed by atoms with Gasteiger partial charge in [-0.3, -0.25) is 4.79 Å². The summed E-state index contributed by atoms with van der Waals surface area (Å²) < 4.78 is 12.8. The molecule has 0 radical (unpaired) electrons. The van der Waals surface area contributed by atoms with E-state index in [4.69, 9.17) is 17.3 Å². The van der Waals surface area contributed by atoms with E-state index in [1.807, 2.05) is 6.92 Å². The van der Waals surface area contributed by atoms with E-state index < -0.39 is 11.9 Å². The van der Waals surface area contributed by atoms with E-state index in [1.165, 1.54) is 18.2 Å². The van der Waals surface area contributed by atoms with Crippen molar-refractivity contribution in [3.05, 3.63) is 29.0 Å². The van der Waals surface area contributed by atoms with E-state index >= 15 is 0 Å². The predicted octanol–water partition coefficient (Wildman–Crippen LogP) is 2.58. The third-order valence-corrected chi connectivity index (χ3v) is 2.25. The normalized spacial score (nSPS) is 11.5. The highest BCUT2D eigenvalue weighted by atomic mass is 35.5. The predicted molar refractivity (Wildman–Crippen MR) is 65.6 cm³/mol. The van der Waals surface area contributed by atoms with Crippen molar-refractivity contribution in [2.75, 3.05) is 5.32 Å². The molecule has 0 aliphatic carbocycles. The number of nitrogens with two attached hydrogens (primary N) is 1. The molecule has 16 heavy (non-hydrogen) atoms. The summed E-state index contributed by atoms with van der Waals surface area (Å²) in [6.45, 7) is 1.81. The Bertz CT molecular complexity index is 374. The number of anilines is 1. The second-order valence-electron chi connectivity index (χ2n) is 3.13. The lowest BCUT2D eigenvalue weighted by molar-refractivity contribution is -0.117. The highest BCUT2D eigenvalue weighted by molar-refractivity contribution is 6.31. The Labute approximate surface area is 105 Å². The number of halogens is 3. The van der Waals surface area contributed by atoms with Crippen LogP contribution in [0.25, 0.3) is 0 Å². The van der Waals surface area contributed by atoms with Crippen molar-refractivity contribution in [1.82, 2.24) is 0 Å². The second kappa shape index (κ2) is 6.68. The zero-order valence-corrected chi connectivity index (χ0v) is 10.2. The first-order valence-corrected chi connectivity index (χ1v) is 4.94. The fraction of sp³-hybridized carbons (Fsp3) is 0.300. The number of benzene rings is 1. The molecule has 1 rings (SSSR count). The minimum atomic E-state index is -0.561. The van der Waals surface area contributed by atoms with Gasteiger partial charge in [0.15, 0.2) is 0 Å². The van der Waals surface area contributed by atoms with Gasteiger partial charge in [-0.1, -0.05) is 18.5 Å². The molecule has 0 aliphatic heterocycles. The van der Waals surface area contributed by atoms with Crippen LogP contribution in [0.5, 0.6) is 0 Å². The van der Waals surface area contributed by atoms with E-state index in [2.05, 4.69) is 5.32 Å². The van der Waals surface area contributed by atoms with Crippen molar-refractivity contribution in [2.24, 2.45) is 5.73 Å². The summed E-state index contributed by atoms with van der Waals surface area (Å²) in [4.78, 5) is 11.4. The average Bonchev–Trinajstić information content (AvgIpc) is 2.22. The fourth-order valence-corrected chi connectivity index (χ4v) is 1.17. The van der Waals surface area contributed by atoms with Crippen LogP contribution in [0.2, 0.25) is 5.02 Å². The lowest BCUT2D eigenvalue weighted by Crippen LogP contribution is -2.34. The van der Waals surface area contributed by atoms with Gasteiger partial charge in [0.1, 0.15) is 5.82 Å². The molecule has 3 N–H and O–H groups in total. The minimum Gasteiger partial charge on any atom is -0.325 e. The van der Waals surface area contributed by atoms with Crippen molar-refractivity contribution in [2.45, 2.75) is 19.4 Å². The molecule has 6 heteroatoms. The number of nitrogens with one attached hydrogen (secondary N) is 1. The molecule has 0 saturated heterocycles. The molecular formula is C10H13Cl2FN2O. The molecule has 90 valence electrons. The molecule has 0 unspecified atom stereocenters. The molecular weight excluding hydrogens is 254 g/mol. The minimum absolute atomic E-state index is 0. The Morgan fingerprint density at radius 1 is 1.62 bits per heavy atom. The number of hydrogen-bond donors (Lipinski definition) is 2. The van der Waals surface area contributed by atoms with Crippen molar-refractivity contribution in [3.63, 3.8) is 0 Å². The zero-order chi connectivity index (χ0) is 11.4. The largest absolute Gasteiger partial charge is 0.325 e. The molecule has 3 nitrogen and oxygen atoms in total. The van der Waals surface area contributed by atoms with Gasteiger partial charge in [-0.2, -0.15) is 0 Å². The topological polar surface area (TPSA) is 55.1 Å². The van der Waals surface area contributed by atoms with E-state index in [1.54, 1.807) is 0 Å². The molecule has 1 aromatic carbocycles. The maximum atomic E-state index is 12.8. The van der Waals surface area contributed by atoms with Crippen molar-refractivity contribution >= 4 is 35.6 Å². The molecule has 1 amide bonds. The van der Waals surface area contributed by atoms with Gasteiger partial charge in [0.2, 0.25) is 5.91 Å². The Kier molecular flexibility index (Phi) is 6.33. The lowest BCUT2D eigenvalue weighted by Gasteiger charge is -2.10. The molecule has 0 aromatic heterocycles. The van der Waals surface area contributed by atoms with Gasteiger partial charge < -0.3 is 11.1 Å². The average molecular weight is 267 g/mol. The molecule has 0 heterocycles. The number of carbonyl (C=O) groups excluding carboxylic acids is 1. The van der Waals surface area contributed by atoms with Crippen molar-refractivity contribution < 1.29 is 9.18 Å². The molecule has 1 atom stereocenters. The zero-order valence-electron chi connectivity index (χ0n) is 8.67. The molecule has 0 saturated carbocycles. The van der Waals surface area contributed by atoms with Gasteiger partial charge in [-0.15, -0.1) is 12.4 Å². The quantitative estimate of drug-likeness (QED) is 0.884. The van der Waals surface area contributed by atoms with Crippen LogP contribution < -0.4 is 11.1 Å².